The first-order chi connectivity index (χ1) is 9.44. The molecule has 1 aromatic carbocycles. The van der Waals surface area contributed by atoms with Gasteiger partial charge in [-0.1, -0.05) is 23.7 Å². The average Bonchev–Trinajstić information content (AvgIpc) is 2.67. The van der Waals surface area contributed by atoms with Gasteiger partial charge in [0.05, 0.1) is 10.7 Å². The Morgan fingerprint density at radius 1 is 1.40 bits per heavy atom. The van der Waals surface area contributed by atoms with Gasteiger partial charge in [-0.25, -0.2) is 4.98 Å². The second-order valence-electron chi connectivity index (χ2n) is 5.43. The molecule has 20 heavy (non-hydrogen) atoms. The molecule has 0 amide bonds. The van der Waals surface area contributed by atoms with E-state index >= 15 is 0 Å². The molecule has 1 aromatic heterocycles. The van der Waals surface area contributed by atoms with Gasteiger partial charge < -0.3 is 15.2 Å². The lowest BCUT2D eigenvalue weighted by atomic mass is 10.0. The molecule has 5 heteroatoms. The van der Waals surface area contributed by atoms with Gasteiger partial charge in [0.2, 0.25) is 5.88 Å². The first-order valence-electron chi connectivity index (χ1n) is 6.34. The Labute approximate surface area is 122 Å². The first kappa shape index (κ1) is 13.1. The predicted molar refractivity (Wildman–Crippen MR) is 78.6 cm³/mol. The molecule has 1 aliphatic heterocycles. The fourth-order valence-electron chi connectivity index (χ4n) is 2.30. The highest BCUT2D eigenvalue weighted by atomic mass is 35.5. The Bertz CT molecular complexity index is 671. The maximum Gasteiger partial charge on any atom is 0.242 e. The molecule has 0 saturated carbocycles. The second-order valence-corrected chi connectivity index (χ2v) is 5.87. The number of hydrogen-bond acceptors (Lipinski definition) is 4. The van der Waals surface area contributed by atoms with Crippen molar-refractivity contribution in [2.45, 2.75) is 25.9 Å². The molecule has 3 rings (SSSR count). The molecule has 0 aliphatic carbocycles. The van der Waals surface area contributed by atoms with Crippen molar-refractivity contribution in [3.8, 4) is 17.4 Å². The molecule has 0 saturated heterocycles. The van der Waals surface area contributed by atoms with Crippen LogP contribution in [0.25, 0.3) is 0 Å². The number of benzene rings is 1. The van der Waals surface area contributed by atoms with Crippen LogP contribution in [0.1, 0.15) is 19.4 Å². The van der Waals surface area contributed by atoms with E-state index in [0.717, 1.165) is 17.7 Å². The topological polar surface area (TPSA) is 57.4 Å². The summed E-state index contributed by atoms with van der Waals surface area (Å²) < 4.78 is 11.7. The van der Waals surface area contributed by atoms with E-state index in [1.54, 1.807) is 6.07 Å². The van der Waals surface area contributed by atoms with E-state index in [0.29, 0.717) is 22.3 Å². The zero-order chi connectivity index (χ0) is 14.3. The number of nitrogens with zero attached hydrogens (tertiary/aromatic N) is 1. The van der Waals surface area contributed by atoms with Crippen molar-refractivity contribution in [1.82, 2.24) is 4.98 Å². The monoisotopic (exact) mass is 290 g/mol. The van der Waals surface area contributed by atoms with E-state index in [2.05, 4.69) is 4.98 Å². The minimum absolute atomic E-state index is 0.221. The van der Waals surface area contributed by atoms with E-state index in [-0.39, 0.29) is 5.60 Å². The van der Waals surface area contributed by atoms with Crippen LogP contribution in [-0.4, -0.2) is 10.6 Å². The lowest BCUT2D eigenvalue weighted by molar-refractivity contribution is 0.135. The Hall–Kier alpha value is -1.94. The van der Waals surface area contributed by atoms with Crippen LogP contribution in [0.2, 0.25) is 5.02 Å². The fraction of sp³-hybridized carbons (Fsp3) is 0.267. The zero-order valence-corrected chi connectivity index (χ0v) is 12.1. The molecule has 0 fully saturated rings. The van der Waals surface area contributed by atoms with E-state index in [9.17, 15) is 0 Å². The van der Waals surface area contributed by atoms with Crippen LogP contribution in [0.4, 0.5) is 5.69 Å². The van der Waals surface area contributed by atoms with Crippen LogP contribution in [-0.2, 0) is 6.42 Å². The Balaban J connectivity index is 1.95. The highest BCUT2D eigenvalue weighted by Gasteiger charge is 2.32. The number of ether oxygens (including phenoxy) is 2. The molecule has 1 aliphatic rings. The molecular weight excluding hydrogens is 276 g/mol. The Morgan fingerprint density at radius 3 is 2.95 bits per heavy atom. The number of rotatable bonds is 2. The van der Waals surface area contributed by atoms with Crippen LogP contribution in [0.15, 0.2) is 30.5 Å². The van der Waals surface area contributed by atoms with Gasteiger partial charge in [0.25, 0.3) is 0 Å². The van der Waals surface area contributed by atoms with Gasteiger partial charge in [-0.15, -0.1) is 0 Å². The molecule has 104 valence electrons. The Kier molecular flexibility index (Phi) is 2.98. The highest BCUT2D eigenvalue weighted by Crippen LogP contribution is 2.43. The van der Waals surface area contributed by atoms with Gasteiger partial charge >= 0.3 is 0 Å². The van der Waals surface area contributed by atoms with E-state index < -0.39 is 0 Å². The summed E-state index contributed by atoms with van der Waals surface area (Å²) in [4.78, 5) is 4.10. The van der Waals surface area contributed by atoms with Crippen molar-refractivity contribution in [2.24, 2.45) is 0 Å². The summed E-state index contributed by atoms with van der Waals surface area (Å²) in [6.45, 7) is 4.09. The summed E-state index contributed by atoms with van der Waals surface area (Å²) in [7, 11) is 0. The van der Waals surface area contributed by atoms with Crippen molar-refractivity contribution in [1.29, 1.82) is 0 Å². The van der Waals surface area contributed by atoms with Crippen molar-refractivity contribution in [2.75, 3.05) is 5.73 Å². The molecule has 2 aromatic rings. The third-order valence-electron chi connectivity index (χ3n) is 3.11. The summed E-state index contributed by atoms with van der Waals surface area (Å²) >= 11 is 5.83. The van der Waals surface area contributed by atoms with Crippen molar-refractivity contribution in [3.63, 3.8) is 0 Å². The van der Waals surface area contributed by atoms with Gasteiger partial charge in [-0.05, 0) is 26.0 Å². The number of pyridine rings is 1. The number of aromatic nitrogens is 1. The van der Waals surface area contributed by atoms with Crippen molar-refractivity contribution < 1.29 is 9.47 Å². The lowest BCUT2D eigenvalue weighted by Crippen LogP contribution is -2.24. The molecular formula is C15H15ClN2O2. The normalized spacial score (nSPS) is 15.6. The largest absolute Gasteiger partial charge is 0.483 e. The molecule has 4 nitrogen and oxygen atoms in total. The number of halogens is 1. The van der Waals surface area contributed by atoms with Gasteiger partial charge in [0.1, 0.15) is 5.60 Å². The van der Waals surface area contributed by atoms with E-state index in [1.165, 1.54) is 6.20 Å². The van der Waals surface area contributed by atoms with Crippen LogP contribution < -0.4 is 15.2 Å². The number of hydrogen-bond donors (Lipinski definition) is 1. The summed E-state index contributed by atoms with van der Waals surface area (Å²) in [6, 6.07) is 7.43. The standard InChI is InChI=1S/C15H15ClN2O2/c1-15(2)7-9-4-3-5-12(13(9)20-15)19-14-11(17)6-10(16)8-18-14/h3-6,8H,7,17H2,1-2H3. The summed E-state index contributed by atoms with van der Waals surface area (Å²) in [6.07, 6.45) is 2.35. The molecule has 0 unspecified atom stereocenters. The maximum absolute atomic E-state index is 5.94. The van der Waals surface area contributed by atoms with Crippen LogP contribution in [0.3, 0.4) is 0 Å². The SMILES string of the molecule is CC1(C)Cc2cccc(Oc3ncc(Cl)cc3N)c2O1. The third-order valence-corrected chi connectivity index (χ3v) is 3.31. The minimum atomic E-state index is -0.221. The summed E-state index contributed by atoms with van der Waals surface area (Å²) in [5.41, 5.74) is 7.15. The molecule has 0 atom stereocenters. The third kappa shape index (κ3) is 2.39. The predicted octanol–water partition coefficient (Wildman–Crippen LogP) is 3.82. The maximum atomic E-state index is 5.94. The summed E-state index contributed by atoms with van der Waals surface area (Å²) in [5.74, 6) is 1.71. The molecule has 0 spiro atoms. The van der Waals surface area contributed by atoms with Gasteiger partial charge in [0, 0.05) is 18.2 Å². The minimum Gasteiger partial charge on any atom is -0.483 e. The van der Waals surface area contributed by atoms with E-state index in [4.69, 9.17) is 26.8 Å². The smallest absolute Gasteiger partial charge is 0.242 e. The molecule has 0 radical (unpaired) electrons. The lowest BCUT2D eigenvalue weighted by Gasteiger charge is -2.18. The zero-order valence-electron chi connectivity index (χ0n) is 11.3. The van der Waals surface area contributed by atoms with Crippen molar-refractivity contribution >= 4 is 17.3 Å². The van der Waals surface area contributed by atoms with Gasteiger partial charge in [-0.3, -0.25) is 0 Å². The first-order valence-corrected chi connectivity index (χ1v) is 6.72. The molecule has 2 heterocycles. The number of nitrogen functional groups attached to an aromatic ring is 1. The number of fused-ring (bicyclic) bond motifs is 1. The molecule has 0 bridgehead atoms. The quantitative estimate of drug-likeness (QED) is 0.913. The van der Waals surface area contributed by atoms with E-state index in [1.807, 2.05) is 32.0 Å². The highest BCUT2D eigenvalue weighted by molar-refractivity contribution is 6.30. The Morgan fingerprint density at radius 2 is 2.20 bits per heavy atom. The van der Waals surface area contributed by atoms with Gasteiger partial charge in [-0.2, -0.15) is 0 Å². The molecule has 2 N–H and O–H groups in total. The number of nitrogens with two attached hydrogens (primary N) is 1. The number of anilines is 1. The van der Waals surface area contributed by atoms with Crippen molar-refractivity contribution in [3.05, 3.63) is 41.0 Å². The fourth-order valence-corrected chi connectivity index (χ4v) is 2.47. The van der Waals surface area contributed by atoms with Crippen LogP contribution in [0, 0.1) is 0 Å². The number of para-hydroxylation sites is 1. The average molecular weight is 291 g/mol. The van der Waals surface area contributed by atoms with Crippen LogP contribution >= 0.6 is 11.6 Å². The summed E-state index contributed by atoms with van der Waals surface area (Å²) in [5, 5.41) is 0.477. The van der Waals surface area contributed by atoms with Gasteiger partial charge in [0.15, 0.2) is 11.5 Å². The van der Waals surface area contributed by atoms with Crippen LogP contribution in [0.5, 0.6) is 17.4 Å². The second kappa shape index (κ2) is 4.56.